The summed E-state index contributed by atoms with van der Waals surface area (Å²) in [6, 6.07) is 8.14. The van der Waals surface area contributed by atoms with E-state index in [1.807, 2.05) is 31.2 Å². The molecule has 3 N–H and O–H groups in total. The molecule has 1 saturated carbocycles. The number of benzene rings is 1. The molecule has 1 aliphatic rings. The van der Waals surface area contributed by atoms with Crippen LogP contribution in [0, 0.1) is 0 Å². The highest BCUT2D eigenvalue weighted by atomic mass is 16.1. The fourth-order valence-corrected chi connectivity index (χ4v) is 3.88. The van der Waals surface area contributed by atoms with Gasteiger partial charge in [0.05, 0.1) is 5.69 Å². The maximum atomic E-state index is 12.6. The first-order valence-electron chi connectivity index (χ1n) is 9.00. The van der Waals surface area contributed by atoms with Crippen molar-refractivity contribution in [1.82, 2.24) is 19.7 Å². The Bertz CT molecular complexity index is 948. The van der Waals surface area contributed by atoms with Crippen molar-refractivity contribution in [2.45, 2.75) is 51.5 Å². The van der Waals surface area contributed by atoms with Gasteiger partial charge in [0.2, 0.25) is 0 Å². The van der Waals surface area contributed by atoms with Crippen LogP contribution in [0.3, 0.4) is 0 Å². The van der Waals surface area contributed by atoms with Gasteiger partial charge in [-0.3, -0.25) is 9.89 Å². The van der Waals surface area contributed by atoms with Gasteiger partial charge in [0, 0.05) is 18.2 Å². The van der Waals surface area contributed by atoms with Crippen molar-refractivity contribution in [2.24, 2.45) is 0 Å². The Kier molecular flexibility index (Phi) is 4.03. The second kappa shape index (κ2) is 6.35. The lowest BCUT2D eigenvalue weighted by molar-refractivity contribution is 0.502. The molecule has 0 saturated heterocycles. The predicted molar refractivity (Wildman–Crippen MR) is 98.7 cm³/mol. The lowest BCUT2D eigenvalue weighted by Crippen LogP contribution is -2.22. The first-order valence-corrected chi connectivity index (χ1v) is 9.00. The van der Waals surface area contributed by atoms with Gasteiger partial charge in [0.15, 0.2) is 0 Å². The number of aromatic amines is 1. The van der Waals surface area contributed by atoms with E-state index in [0.717, 1.165) is 47.7 Å². The van der Waals surface area contributed by atoms with Gasteiger partial charge < -0.3 is 10.3 Å². The van der Waals surface area contributed by atoms with E-state index in [4.69, 9.17) is 5.73 Å². The number of H-pyrrole nitrogens is 1. The third-order valence-electron chi connectivity index (χ3n) is 5.15. The van der Waals surface area contributed by atoms with Crippen LogP contribution in [-0.2, 0) is 12.8 Å². The van der Waals surface area contributed by atoms with Crippen molar-refractivity contribution in [2.75, 3.05) is 5.73 Å². The molecule has 3 aromatic rings. The fraction of sp³-hybridized carbons (Fsp3) is 0.421. The molecule has 4 rings (SSSR count). The summed E-state index contributed by atoms with van der Waals surface area (Å²) in [5.41, 5.74) is 9.07. The van der Waals surface area contributed by atoms with E-state index >= 15 is 0 Å². The number of nitrogen functional groups attached to an aromatic ring is 1. The Morgan fingerprint density at radius 1 is 1.24 bits per heavy atom. The highest BCUT2D eigenvalue weighted by Gasteiger charge is 2.24. The van der Waals surface area contributed by atoms with Crippen LogP contribution in [0.2, 0.25) is 0 Å². The first kappa shape index (κ1) is 15.9. The van der Waals surface area contributed by atoms with Crippen molar-refractivity contribution in [1.29, 1.82) is 0 Å². The van der Waals surface area contributed by atoms with E-state index in [9.17, 15) is 4.79 Å². The first-order chi connectivity index (χ1) is 12.2. The molecule has 130 valence electrons. The number of fused-ring (bicyclic) bond motifs is 1. The monoisotopic (exact) mass is 337 g/mol. The Labute approximate surface area is 146 Å². The molecule has 1 aliphatic carbocycles. The number of aryl methyl sites for hydroxylation is 1. The summed E-state index contributed by atoms with van der Waals surface area (Å²) >= 11 is 0. The summed E-state index contributed by atoms with van der Waals surface area (Å²) in [6.07, 6.45) is 6.01. The average molecular weight is 337 g/mol. The van der Waals surface area contributed by atoms with Crippen LogP contribution in [0.5, 0.6) is 0 Å². The van der Waals surface area contributed by atoms with Crippen LogP contribution >= 0.6 is 0 Å². The van der Waals surface area contributed by atoms with E-state index < -0.39 is 0 Å². The summed E-state index contributed by atoms with van der Waals surface area (Å²) < 4.78 is 2.23. The Hall–Kier alpha value is -2.63. The van der Waals surface area contributed by atoms with Crippen LogP contribution in [0.4, 0.5) is 5.69 Å². The van der Waals surface area contributed by atoms with Crippen molar-refractivity contribution < 1.29 is 0 Å². The maximum absolute atomic E-state index is 12.6. The SMILES string of the molecule is CCc1n[nH]c2c1c(=O)nc(Cc1ccc(N)cc1)n2C1CCCC1. The van der Waals surface area contributed by atoms with Gasteiger partial charge in [0.25, 0.3) is 5.56 Å². The van der Waals surface area contributed by atoms with E-state index in [0.29, 0.717) is 17.8 Å². The van der Waals surface area contributed by atoms with Gasteiger partial charge in [-0.15, -0.1) is 0 Å². The minimum absolute atomic E-state index is 0.180. The minimum atomic E-state index is -0.180. The second-order valence-corrected chi connectivity index (χ2v) is 6.81. The normalized spacial score (nSPS) is 15.2. The van der Waals surface area contributed by atoms with Crippen molar-refractivity contribution in [3.63, 3.8) is 0 Å². The third kappa shape index (κ3) is 2.81. The summed E-state index contributed by atoms with van der Waals surface area (Å²) in [5.74, 6) is 0.806. The van der Waals surface area contributed by atoms with Gasteiger partial charge >= 0.3 is 0 Å². The van der Waals surface area contributed by atoms with Gasteiger partial charge in [-0.05, 0) is 37.0 Å². The van der Waals surface area contributed by atoms with Crippen LogP contribution in [0.1, 0.15) is 55.7 Å². The molecular weight excluding hydrogens is 314 g/mol. The molecule has 6 heteroatoms. The highest BCUT2D eigenvalue weighted by molar-refractivity contribution is 5.77. The molecule has 1 fully saturated rings. The Morgan fingerprint density at radius 3 is 2.64 bits per heavy atom. The molecule has 0 radical (unpaired) electrons. The van der Waals surface area contributed by atoms with E-state index in [1.54, 1.807) is 0 Å². The van der Waals surface area contributed by atoms with Crippen LogP contribution in [0.25, 0.3) is 11.0 Å². The average Bonchev–Trinajstić information content (AvgIpc) is 3.27. The van der Waals surface area contributed by atoms with Gasteiger partial charge in [-0.25, -0.2) is 0 Å². The van der Waals surface area contributed by atoms with E-state index in [1.165, 1.54) is 12.8 Å². The standard InChI is InChI=1S/C19H23N5O/c1-2-15-17-18(23-22-15)24(14-5-3-4-6-14)16(21-19(17)25)11-12-7-9-13(20)10-8-12/h7-10,14H,2-6,11,20H2,1H3,(H,22,23). The zero-order valence-corrected chi connectivity index (χ0v) is 14.5. The topological polar surface area (TPSA) is 89.6 Å². The summed E-state index contributed by atoms with van der Waals surface area (Å²) in [5, 5.41) is 8.13. The number of hydrogen-bond donors (Lipinski definition) is 2. The van der Waals surface area contributed by atoms with Crippen LogP contribution in [-0.4, -0.2) is 19.7 Å². The third-order valence-corrected chi connectivity index (χ3v) is 5.15. The zero-order valence-electron chi connectivity index (χ0n) is 14.5. The highest BCUT2D eigenvalue weighted by Crippen LogP contribution is 2.32. The van der Waals surface area contributed by atoms with Crippen LogP contribution in [0.15, 0.2) is 29.1 Å². The number of rotatable bonds is 4. The summed E-state index contributed by atoms with van der Waals surface area (Å²) in [4.78, 5) is 17.1. The molecule has 0 unspecified atom stereocenters. The number of nitrogens with two attached hydrogens (primary N) is 1. The smallest absolute Gasteiger partial charge is 0.284 e. The van der Waals surface area contributed by atoms with E-state index in [-0.39, 0.29) is 5.56 Å². The summed E-state index contributed by atoms with van der Waals surface area (Å²) in [7, 11) is 0. The molecule has 0 bridgehead atoms. The number of nitrogens with zero attached hydrogens (tertiary/aromatic N) is 3. The van der Waals surface area contributed by atoms with Crippen LogP contribution < -0.4 is 11.3 Å². The Balaban J connectivity index is 1.88. The van der Waals surface area contributed by atoms with Gasteiger partial charge in [-0.1, -0.05) is 31.9 Å². The summed E-state index contributed by atoms with van der Waals surface area (Å²) in [6.45, 7) is 2.01. The predicted octanol–water partition coefficient (Wildman–Crippen LogP) is 2.97. The molecule has 0 amide bonds. The van der Waals surface area contributed by atoms with Crippen molar-refractivity contribution in [3.8, 4) is 0 Å². The Morgan fingerprint density at radius 2 is 1.96 bits per heavy atom. The minimum Gasteiger partial charge on any atom is -0.399 e. The molecule has 2 heterocycles. The molecule has 0 spiro atoms. The number of anilines is 1. The quantitative estimate of drug-likeness (QED) is 0.716. The van der Waals surface area contributed by atoms with E-state index in [2.05, 4.69) is 19.7 Å². The number of hydrogen-bond acceptors (Lipinski definition) is 4. The molecule has 0 atom stereocenters. The lowest BCUT2D eigenvalue weighted by atomic mass is 10.1. The van der Waals surface area contributed by atoms with Gasteiger partial charge in [-0.2, -0.15) is 10.1 Å². The molecule has 0 aliphatic heterocycles. The zero-order chi connectivity index (χ0) is 17.4. The molecule has 1 aromatic carbocycles. The number of nitrogens with one attached hydrogen (secondary N) is 1. The fourth-order valence-electron chi connectivity index (χ4n) is 3.88. The number of aromatic nitrogens is 4. The molecule has 25 heavy (non-hydrogen) atoms. The molecular formula is C19H23N5O. The molecule has 6 nitrogen and oxygen atoms in total. The van der Waals surface area contributed by atoms with Gasteiger partial charge in [0.1, 0.15) is 16.9 Å². The molecule has 2 aromatic heterocycles. The van der Waals surface area contributed by atoms with Crippen molar-refractivity contribution in [3.05, 3.63) is 51.7 Å². The van der Waals surface area contributed by atoms with Crippen molar-refractivity contribution >= 4 is 16.7 Å². The maximum Gasteiger partial charge on any atom is 0.284 e. The lowest BCUT2D eigenvalue weighted by Gasteiger charge is -2.20. The second-order valence-electron chi connectivity index (χ2n) is 6.81. The largest absolute Gasteiger partial charge is 0.399 e.